The van der Waals surface area contributed by atoms with Crippen LogP contribution in [0.4, 0.5) is 11.6 Å². The lowest BCUT2D eigenvalue weighted by Crippen LogP contribution is -2.31. The molecule has 1 aliphatic rings. The Morgan fingerprint density at radius 3 is 3.15 bits per heavy atom. The minimum absolute atomic E-state index is 0.104. The summed E-state index contributed by atoms with van der Waals surface area (Å²) in [6.45, 7) is 2.83. The van der Waals surface area contributed by atoms with Crippen molar-refractivity contribution in [1.29, 1.82) is 0 Å². The van der Waals surface area contributed by atoms with Crippen molar-refractivity contribution in [3.05, 3.63) is 28.6 Å². The van der Waals surface area contributed by atoms with Crippen molar-refractivity contribution in [3.8, 4) is 0 Å². The lowest BCUT2D eigenvalue weighted by molar-refractivity contribution is 0.0994. The standard InChI is InChI=1S/C14H18N4O2/c1-8(12-3-2-6-20-12)16-14-17-11-5-4-9(15)7-10(11)13(19)18-14/h4-5,7-8,12H,2-3,6,15H2,1H3,(H2,16,17,18,19). The van der Waals surface area contributed by atoms with Crippen LogP contribution in [0, 0.1) is 0 Å². The van der Waals surface area contributed by atoms with E-state index in [4.69, 9.17) is 10.5 Å². The second kappa shape index (κ2) is 5.13. The van der Waals surface area contributed by atoms with Gasteiger partial charge in [0.05, 0.1) is 23.0 Å². The number of ether oxygens (including phenoxy) is 1. The van der Waals surface area contributed by atoms with Gasteiger partial charge in [-0.25, -0.2) is 4.98 Å². The molecule has 1 aromatic heterocycles. The zero-order valence-corrected chi connectivity index (χ0v) is 11.3. The number of aromatic nitrogens is 2. The number of hydrogen-bond acceptors (Lipinski definition) is 5. The third kappa shape index (κ3) is 2.46. The summed E-state index contributed by atoms with van der Waals surface area (Å²) in [5.41, 5.74) is 6.67. The fourth-order valence-corrected chi connectivity index (χ4v) is 2.53. The van der Waals surface area contributed by atoms with Crippen LogP contribution in [0.3, 0.4) is 0 Å². The normalized spacial score (nSPS) is 20.1. The second-order valence-corrected chi connectivity index (χ2v) is 5.18. The summed E-state index contributed by atoms with van der Waals surface area (Å²) >= 11 is 0. The van der Waals surface area contributed by atoms with Gasteiger partial charge in [0.15, 0.2) is 0 Å². The number of nitrogen functional groups attached to an aromatic ring is 1. The molecule has 0 saturated carbocycles. The summed E-state index contributed by atoms with van der Waals surface area (Å²) in [5, 5.41) is 3.71. The van der Waals surface area contributed by atoms with Crippen LogP contribution in [-0.4, -0.2) is 28.7 Å². The van der Waals surface area contributed by atoms with Crippen LogP contribution in [0.25, 0.3) is 10.9 Å². The first kappa shape index (κ1) is 12.9. The molecular formula is C14H18N4O2. The van der Waals surface area contributed by atoms with Crippen LogP contribution in [0.5, 0.6) is 0 Å². The quantitative estimate of drug-likeness (QED) is 0.737. The van der Waals surface area contributed by atoms with Crippen LogP contribution in [0.2, 0.25) is 0 Å². The zero-order valence-electron chi connectivity index (χ0n) is 11.3. The molecule has 0 radical (unpaired) electrons. The highest BCUT2D eigenvalue weighted by molar-refractivity contribution is 5.81. The summed E-state index contributed by atoms with van der Waals surface area (Å²) in [7, 11) is 0. The topological polar surface area (TPSA) is 93.0 Å². The third-order valence-electron chi connectivity index (χ3n) is 3.62. The fraction of sp³-hybridized carbons (Fsp3) is 0.429. The Morgan fingerprint density at radius 2 is 2.40 bits per heavy atom. The maximum Gasteiger partial charge on any atom is 0.260 e. The second-order valence-electron chi connectivity index (χ2n) is 5.18. The molecule has 1 fully saturated rings. The summed E-state index contributed by atoms with van der Waals surface area (Å²) in [5.74, 6) is 0.468. The summed E-state index contributed by atoms with van der Waals surface area (Å²) in [4.78, 5) is 19.2. The van der Waals surface area contributed by atoms with Gasteiger partial charge < -0.3 is 15.8 Å². The molecule has 3 rings (SSSR count). The van der Waals surface area contributed by atoms with Crippen LogP contribution >= 0.6 is 0 Å². The molecule has 2 atom stereocenters. The number of rotatable bonds is 3. The van der Waals surface area contributed by atoms with Crippen molar-refractivity contribution in [2.45, 2.75) is 31.9 Å². The number of nitrogens with one attached hydrogen (secondary N) is 2. The van der Waals surface area contributed by atoms with E-state index in [1.165, 1.54) is 0 Å². The van der Waals surface area contributed by atoms with Crippen molar-refractivity contribution in [2.75, 3.05) is 17.7 Å². The molecule has 0 aliphatic carbocycles. The van der Waals surface area contributed by atoms with Gasteiger partial charge in [0, 0.05) is 12.3 Å². The van der Waals surface area contributed by atoms with E-state index in [1.807, 2.05) is 6.92 Å². The Hall–Kier alpha value is -2.08. The Morgan fingerprint density at radius 1 is 1.55 bits per heavy atom. The van der Waals surface area contributed by atoms with Gasteiger partial charge in [0.25, 0.3) is 5.56 Å². The predicted octanol–water partition coefficient (Wildman–Crippen LogP) is 1.48. The Bertz CT molecular complexity index is 676. The lowest BCUT2D eigenvalue weighted by atomic mass is 10.1. The number of aromatic amines is 1. The minimum atomic E-state index is -0.190. The molecule has 106 valence electrons. The van der Waals surface area contributed by atoms with E-state index in [1.54, 1.807) is 18.2 Å². The largest absolute Gasteiger partial charge is 0.399 e. The molecule has 0 bridgehead atoms. The fourth-order valence-electron chi connectivity index (χ4n) is 2.53. The van der Waals surface area contributed by atoms with Gasteiger partial charge in [-0.1, -0.05) is 0 Å². The van der Waals surface area contributed by atoms with Gasteiger partial charge in [-0.3, -0.25) is 9.78 Å². The highest BCUT2D eigenvalue weighted by Crippen LogP contribution is 2.18. The van der Waals surface area contributed by atoms with Crippen molar-refractivity contribution in [2.24, 2.45) is 0 Å². The lowest BCUT2D eigenvalue weighted by Gasteiger charge is -2.20. The Kier molecular flexibility index (Phi) is 3.31. The Balaban J connectivity index is 1.88. The summed E-state index contributed by atoms with van der Waals surface area (Å²) < 4.78 is 5.62. The first-order valence-corrected chi connectivity index (χ1v) is 6.81. The number of nitrogens with zero attached hydrogens (tertiary/aromatic N) is 1. The molecule has 1 saturated heterocycles. The summed E-state index contributed by atoms with van der Waals surface area (Å²) in [6.07, 6.45) is 2.28. The van der Waals surface area contributed by atoms with Crippen LogP contribution in [0.15, 0.2) is 23.0 Å². The van der Waals surface area contributed by atoms with Gasteiger partial charge in [-0.05, 0) is 38.0 Å². The number of anilines is 2. The molecule has 2 aromatic rings. The van der Waals surface area contributed by atoms with E-state index >= 15 is 0 Å². The van der Waals surface area contributed by atoms with Crippen molar-refractivity contribution < 1.29 is 4.74 Å². The van der Waals surface area contributed by atoms with Crippen LogP contribution in [0.1, 0.15) is 19.8 Å². The first-order valence-electron chi connectivity index (χ1n) is 6.81. The van der Waals surface area contributed by atoms with E-state index in [2.05, 4.69) is 15.3 Å². The van der Waals surface area contributed by atoms with Crippen molar-refractivity contribution in [1.82, 2.24) is 9.97 Å². The maximum absolute atomic E-state index is 12.0. The van der Waals surface area contributed by atoms with Crippen molar-refractivity contribution >= 4 is 22.5 Å². The number of benzene rings is 1. The van der Waals surface area contributed by atoms with Crippen LogP contribution in [-0.2, 0) is 4.74 Å². The minimum Gasteiger partial charge on any atom is -0.399 e. The van der Waals surface area contributed by atoms with Crippen LogP contribution < -0.4 is 16.6 Å². The molecule has 0 amide bonds. The Labute approximate surface area is 116 Å². The third-order valence-corrected chi connectivity index (χ3v) is 3.62. The molecule has 2 unspecified atom stereocenters. The predicted molar refractivity (Wildman–Crippen MR) is 78.8 cm³/mol. The molecule has 0 spiro atoms. The molecule has 4 N–H and O–H groups in total. The molecule has 6 heteroatoms. The van der Waals surface area contributed by atoms with Gasteiger partial charge in [-0.15, -0.1) is 0 Å². The van der Waals surface area contributed by atoms with E-state index in [0.29, 0.717) is 22.5 Å². The number of H-pyrrole nitrogens is 1. The monoisotopic (exact) mass is 274 g/mol. The average Bonchev–Trinajstić information content (AvgIpc) is 2.94. The molecule has 1 aromatic carbocycles. The SMILES string of the molecule is CC(Nc1nc2ccc(N)cc2c(=O)[nH]1)C1CCCO1. The molecule has 1 aliphatic heterocycles. The smallest absolute Gasteiger partial charge is 0.260 e. The van der Waals surface area contributed by atoms with Gasteiger partial charge >= 0.3 is 0 Å². The number of fused-ring (bicyclic) bond motifs is 1. The highest BCUT2D eigenvalue weighted by Gasteiger charge is 2.22. The maximum atomic E-state index is 12.0. The van der Waals surface area contributed by atoms with Gasteiger partial charge in [-0.2, -0.15) is 0 Å². The van der Waals surface area contributed by atoms with Gasteiger partial charge in [0.2, 0.25) is 5.95 Å². The molecule has 6 nitrogen and oxygen atoms in total. The number of nitrogens with two attached hydrogens (primary N) is 1. The molecule has 20 heavy (non-hydrogen) atoms. The van der Waals surface area contributed by atoms with E-state index in [9.17, 15) is 4.79 Å². The molecular weight excluding hydrogens is 256 g/mol. The van der Waals surface area contributed by atoms with E-state index in [0.717, 1.165) is 19.4 Å². The number of hydrogen-bond donors (Lipinski definition) is 3. The van der Waals surface area contributed by atoms with Gasteiger partial charge in [0.1, 0.15) is 0 Å². The first-order chi connectivity index (χ1) is 9.63. The van der Waals surface area contributed by atoms with E-state index < -0.39 is 0 Å². The van der Waals surface area contributed by atoms with E-state index in [-0.39, 0.29) is 17.7 Å². The highest BCUT2D eigenvalue weighted by atomic mass is 16.5. The molecule has 2 heterocycles. The summed E-state index contributed by atoms with van der Waals surface area (Å²) in [6, 6.07) is 5.23. The zero-order chi connectivity index (χ0) is 14.1. The van der Waals surface area contributed by atoms with Crippen molar-refractivity contribution in [3.63, 3.8) is 0 Å². The average molecular weight is 274 g/mol.